The molecule has 8 heteroatoms. The molecule has 178 valence electrons. The van der Waals surface area contributed by atoms with Crippen LogP contribution < -0.4 is 10.5 Å². The van der Waals surface area contributed by atoms with E-state index in [2.05, 4.69) is 10.3 Å². The summed E-state index contributed by atoms with van der Waals surface area (Å²) in [5, 5.41) is 8.39. The van der Waals surface area contributed by atoms with Gasteiger partial charge in [0.2, 0.25) is 5.91 Å². The molecular weight excluding hydrogens is 430 g/mol. The first-order valence-electron chi connectivity index (χ1n) is 11.8. The second kappa shape index (κ2) is 11.4. The molecule has 0 saturated carbocycles. The average Bonchev–Trinajstić information content (AvgIpc) is 3.51. The van der Waals surface area contributed by atoms with E-state index in [4.69, 9.17) is 10.5 Å². The standard InChI is InChI=1S/C26H31N5O3/c27-21-11-8-20(9-12-21)10-13-24(32)14-15-26(33)31-16-4-5-23(31)18-30-17-22(28-29-30)19-34-25-6-2-1-3-7-25/h1-3,6-9,11-12,17,23H,4-5,10,13-16,18-19,27H2/t23-/m1/s1. The van der Waals surface area contributed by atoms with E-state index in [9.17, 15) is 9.59 Å². The van der Waals surface area contributed by atoms with Crippen LogP contribution in [0.3, 0.4) is 0 Å². The van der Waals surface area contributed by atoms with Crippen molar-refractivity contribution in [2.75, 3.05) is 12.3 Å². The monoisotopic (exact) mass is 461 g/mol. The van der Waals surface area contributed by atoms with Crippen LogP contribution in [-0.4, -0.2) is 44.2 Å². The lowest BCUT2D eigenvalue weighted by Crippen LogP contribution is -2.38. The van der Waals surface area contributed by atoms with Gasteiger partial charge in [0.1, 0.15) is 23.8 Å². The molecule has 2 heterocycles. The summed E-state index contributed by atoms with van der Waals surface area (Å²) in [4.78, 5) is 27.0. The van der Waals surface area contributed by atoms with Gasteiger partial charge in [0, 0.05) is 31.5 Å². The van der Waals surface area contributed by atoms with Crippen LogP contribution in [0.4, 0.5) is 5.69 Å². The second-order valence-electron chi connectivity index (χ2n) is 8.70. The lowest BCUT2D eigenvalue weighted by Gasteiger charge is -2.24. The summed E-state index contributed by atoms with van der Waals surface area (Å²) in [6.07, 6.45) is 5.39. The second-order valence-corrected chi connectivity index (χ2v) is 8.70. The first-order chi connectivity index (χ1) is 16.6. The summed E-state index contributed by atoms with van der Waals surface area (Å²) >= 11 is 0. The number of carbonyl (C=O) groups excluding carboxylic acids is 2. The maximum atomic E-state index is 12.8. The van der Waals surface area contributed by atoms with Crippen molar-refractivity contribution in [1.82, 2.24) is 19.9 Å². The van der Waals surface area contributed by atoms with Gasteiger partial charge in [-0.05, 0) is 49.1 Å². The van der Waals surface area contributed by atoms with Gasteiger partial charge in [0.15, 0.2) is 0 Å². The first-order valence-corrected chi connectivity index (χ1v) is 11.8. The Labute approximate surface area is 199 Å². The summed E-state index contributed by atoms with van der Waals surface area (Å²) < 4.78 is 7.50. The molecule has 0 bridgehead atoms. The molecule has 2 N–H and O–H groups in total. The van der Waals surface area contributed by atoms with Gasteiger partial charge in [0.05, 0.1) is 18.8 Å². The molecule has 8 nitrogen and oxygen atoms in total. The largest absolute Gasteiger partial charge is 0.487 e. The highest BCUT2D eigenvalue weighted by Crippen LogP contribution is 2.21. The molecule has 4 rings (SSSR count). The molecule has 34 heavy (non-hydrogen) atoms. The predicted molar refractivity (Wildman–Crippen MR) is 129 cm³/mol. The van der Waals surface area contributed by atoms with Crippen molar-refractivity contribution < 1.29 is 14.3 Å². The van der Waals surface area contributed by atoms with Gasteiger partial charge in [0.25, 0.3) is 0 Å². The molecule has 1 aromatic heterocycles. The fourth-order valence-electron chi connectivity index (χ4n) is 4.22. The van der Waals surface area contributed by atoms with Crippen LogP contribution in [0.2, 0.25) is 0 Å². The van der Waals surface area contributed by atoms with Crippen LogP contribution in [0, 0.1) is 0 Å². The molecular formula is C26H31N5O3. The third-order valence-corrected chi connectivity index (χ3v) is 6.10. The Bertz CT molecular complexity index is 1080. The van der Waals surface area contributed by atoms with E-state index < -0.39 is 0 Å². The average molecular weight is 462 g/mol. The van der Waals surface area contributed by atoms with Crippen LogP contribution in [0.5, 0.6) is 5.75 Å². The Morgan fingerprint density at radius 3 is 2.62 bits per heavy atom. The molecule has 0 unspecified atom stereocenters. The molecule has 3 aromatic rings. The van der Waals surface area contributed by atoms with E-state index in [1.54, 1.807) is 4.68 Å². The van der Waals surface area contributed by atoms with Crippen LogP contribution in [0.15, 0.2) is 60.8 Å². The number of amides is 1. The van der Waals surface area contributed by atoms with Gasteiger partial charge < -0.3 is 15.4 Å². The molecule has 0 aliphatic carbocycles. The van der Waals surface area contributed by atoms with Gasteiger partial charge in [-0.15, -0.1) is 5.10 Å². The van der Waals surface area contributed by atoms with Crippen LogP contribution in [0.25, 0.3) is 0 Å². The highest BCUT2D eigenvalue weighted by molar-refractivity contribution is 5.85. The molecule has 1 saturated heterocycles. The SMILES string of the molecule is Nc1ccc(CCC(=O)CCC(=O)N2CCC[C@@H]2Cn2cc(COc3ccccc3)nn2)cc1. The molecule has 1 aliphatic heterocycles. The molecule has 1 aliphatic rings. The number of nitrogens with zero attached hydrogens (tertiary/aromatic N) is 4. The van der Waals surface area contributed by atoms with Crippen LogP contribution in [-0.2, 0) is 29.2 Å². The smallest absolute Gasteiger partial charge is 0.223 e. The van der Waals surface area contributed by atoms with Crippen molar-refractivity contribution >= 4 is 17.4 Å². The Morgan fingerprint density at radius 2 is 1.82 bits per heavy atom. The van der Waals surface area contributed by atoms with Crippen molar-refractivity contribution in [3.63, 3.8) is 0 Å². The number of ketones is 1. The van der Waals surface area contributed by atoms with E-state index in [1.165, 1.54) is 0 Å². The van der Waals surface area contributed by atoms with E-state index in [1.807, 2.05) is 65.7 Å². The molecule has 1 fully saturated rings. The van der Waals surface area contributed by atoms with Gasteiger partial charge in [-0.2, -0.15) is 0 Å². The number of rotatable bonds is 11. The van der Waals surface area contributed by atoms with Crippen molar-refractivity contribution in [3.05, 3.63) is 72.1 Å². The van der Waals surface area contributed by atoms with Crippen molar-refractivity contribution in [3.8, 4) is 5.75 Å². The van der Waals surface area contributed by atoms with Crippen molar-refractivity contribution in [2.24, 2.45) is 0 Å². The minimum absolute atomic E-state index is 0.0380. The normalized spacial score (nSPS) is 15.4. The highest BCUT2D eigenvalue weighted by atomic mass is 16.5. The van der Waals surface area contributed by atoms with Crippen molar-refractivity contribution in [2.45, 2.75) is 57.7 Å². The fourth-order valence-corrected chi connectivity index (χ4v) is 4.22. The maximum Gasteiger partial charge on any atom is 0.223 e. The number of anilines is 1. The minimum atomic E-state index is 0.0380. The molecule has 0 radical (unpaired) electrons. The van der Waals surface area contributed by atoms with E-state index >= 15 is 0 Å². The number of nitrogens with two attached hydrogens (primary N) is 1. The van der Waals surface area contributed by atoms with Gasteiger partial charge in [-0.1, -0.05) is 35.5 Å². The summed E-state index contributed by atoms with van der Waals surface area (Å²) in [6, 6.07) is 17.2. The molecule has 0 spiro atoms. The fraction of sp³-hybridized carbons (Fsp3) is 0.385. The minimum Gasteiger partial charge on any atom is -0.487 e. The number of Topliss-reactive ketones (excluding diaryl/α,β-unsaturated/α-hetero) is 1. The Kier molecular flexibility index (Phi) is 7.91. The number of hydrogen-bond acceptors (Lipinski definition) is 6. The summed E-state index contributed by atoms with van der Waals surface area (Å²) in [5.74, 6) is 0.934. The third kappa shape index (κ3) is 6.66. The van der Waals surface area contributed by atoms with Crippen molar-refractivity contribution in [1.29, 1.82) is 0 Å². The summed E-state index contributed by atoms with van der Waals surface area (Å²) in [6.45, 7) is 1.66. The Morgan fingerprint density at radius 1 is 1.03 bits per heavy atom. The number of aromatic nitrogens is 3. The van der Waals surface area contributed by atoms with E-state index in [-0.39, 0.29) is 30.6 Å². The number of para-hydroxylation sites is 1. The van der Waals surface area contributed by atoms with Gasteiger partial charge in [-0.3, -0.25) is 14.3 Å². The van der Waals surface area contributed by atoms with Gasteiger partial charge in [-0.25, -0.2) is 0 Å². The van der Waals surface area contributed by atoms with Gasteiger partial charge >= 0.3 is 0 Å². The van der Waals surface area contributed by atoms with Crippen LogP contribution >= 0.6 is 0 Å². The van der Waals surface area contributed by atoms with E-state index in [0.29, 0.717) is 31.7 Å². The predicted octanol–water partition coefficient (Wildman–Crippen LogP) is 3.41. The van der Waals surface area contributed by atoms with E-state index in [0.717, 1.165) is 36.4 Å². The molecule has 1 amide bonds. The number of nitrogen functional groups attached to an aromatic ring is 1. The number of benzene rings is 2. The number of hydrogen-bond donors (Lipinski definition) is 1. The summed E-state index contributed by atoms with van der Waals surface area (Å²) in [5.41, 5.74) is 8.23. The summed E-state index contributed by atoms with van der Waals surface area (Å²) in [7, 11) is 0. The highest BCUT2D eigenvalue weighted by Gasteiger charge is 2.29. The Hall–Kier alpha value is -3.68. The maximum absolute atomic E-state index is 12.8. The third-order valence-electron chi connectivity index (χ3n) is 6.10. The molecule has 2 aromatic carbocycles. The number of ether oxygens (including phenoxy) is 1. The zero-order valence-corrected chi connectivity index (χ0v) is 19.3. The van der Waals surface area contributed by atoms with Crippen LogP contribution in [0.1, 0.15) is 43.4 Å². The number of aryl methyl sites for hydroxylation is 1. The lowest BCUT2D eigenvalue weighted by molar-refractivity contribution is -0.134. The number of carbonyl (C=O) groups is 2. The lowest BCUT2D eigenvalue weighted by atomic mass is 10.0. The zero-order chi connectivity index (χ0) is 23.8. The number of likely N-dealkylation sites (tertiary alicyclic amines) is 1. The first kappa shape index (κ1) is 23.5. The zero-order valence-electron chi connectivity index (χ0n) is 19.3. The quantitative estimate of drug-likeness (QED) is 0.439. The Balaban J connectivity index is 1.21. The topological polar surface area (TPSA) is 103 Å². The molecule has 1 atom stereocenters.